The molecule has 2 heterocycles. The number of nitrogens with one attached hydrogen (secondary N) is 1. The van der Waals surface area contributed by atoms with Crippen molar-refractivity contribution in [2.75, 3.05) is 31.6 Å². The maximum Gasteiger partial charge on any atom is 0.411 e. The molecule has 7 nitrogen and oxygen atoms in total. The Balaban J connectivity index is 1.19. The molecule has 2 aromatic carbocycles. The van der Waals surface area contributed by atoms with Gasteiger partial charge in [-0.2, -0.15) is 0 Å². The van der Waals surface area contributed by atoms with Crippen LogP contribution in [0.5, 0.6) is 0 Å². The van der Waals surface area contributed by atoms with Crippen molar-refractivity contribution < 1.29 is 18.7 Å². The summed E-state index contributed by atoms with van der Waals surface area (Å²) in [6.45, 7) is 2.58. The van der Waals surface area contributed by atoms with Crippen molar-refractivity contribution in [1.29, 1.82) is 0 Å². The van der Waals surface area contributed by atoms with Gasteiger partial charge in [-0.25, -0.2) is 9.78 Å². The number of ether oxygens (including phenoxy) is 1. The zero-order valence-corrected chi connectivity index (χ0v) is 18.5. The van der Waals surface area contributed by atoms with Gasteiger partial charge in [0.05, 0.1) is 5.69 Å². The third kappa shape index (κ3) is 4.99. The van der Waals surface area contributed by atoms with E-state index < -0.39 is 6.09 Å². The summed E-state index contributed by atoms with van der Waals surface area (Å²) < 4.78 is 11.7. The van der Waals surface area contributed by atoms with Gasteiger partial charge in [0, 0.05) is 21.6 Å². The number of fused-ring (bicyclic) bond motifs is 1. The molecular formula is C22H22IN3O4. The van der Waals surface area contributed by atoms with Gasteiger partial charge in [0.2, 0.25) is 0 Å². The number of carbonyl (C=O) groups is 2. The number of amides is 1. The quantitative estimate of drug-likeness (QED) is 0.380. The normalized spacial score (nSPS) is 15.2. The molecule has 8 heteroatoms. The van der Waals surface area contributed by atoms with Gasteiger partial charge in [-0.3, -0.25) is 15.0 Å². The van der Waals surface area contributed by atoms with Crippen molar-refractivity contribution >= 4 is 51.3 Å². The van der Waals surface area contributed by atoms with E-state index in [0.717, 1.165) is 35.1 Å². The van der Waals surface area contributed by atoms with Crippen molar-refractivity contribution in [3.8, 4) is 0 Å². The summed E-state index contributed by atoms with van der Waals surface area (Å²) in [5.41, 5.74) is 2.54. The second-order valence-electron chi connectivity index (χ2n) is 7.25. The highest BCUT2D eigenvalue weighted by molar-refractivity contribution is 14.1. The van der Waals surface area contributed by atoms with E-state index in [2.05, 4.69) is 37.8 Å². The van der Waals surface area contributed by atoms with E-state index in [0.29, 0.717) is 23.3 Å². The fourth-order valence-electron chi connectivity index (χ4n) is 3.67. The Kier molecular flexibility index (Phi) is 6.63. The van der Waals surface area contributed by atoms with Gasteiger partial charge in [0.15, 0.2) is 17.8 Å². The predicted octanol–water partition coefficient (Wildman–Crippen LogP) is 4.58. The Morgan fingerprint density at radius 3 is 2.70 bits per heavy atom. The van der Waals surface area contributed by atoms with Crippen LogP contribution in [-0.2, 0) is 4.74 Å². The molecule has 1 fully saturated rings. The molecule has 1 aromatic heterocycles. The monoisotopic (exact) mass is 519 g/mol. The van der Waals surface area contributed by atoms with Crippen molar-refractivity contribution in [3.05, 3.63) is 58.0 Å². The number of piperidine rings is 1. The van der Waals surface area contributed by atoms with Gasteiger partial charge < -0.3 is 9.15 Å². The zero-order chi connectivity index (χ0) is 20.9. The van der Waals surface area contributed by atoms with Crippen molar-refractivity contribution in [3.63, 3.8) is 0 Å². The summed E-state index contributed by atoms with van der Waals surface area (Å²) >= 11 is 2.24. The highest BCUT2D eigenvalue weighted by Crippen LogP contribution is 2.23. The third-order valence-corrected chi connectivity index (χ3v) is 6.04. The minimum atomic E-state index is -0.519. The number of nitrogens with zero attached hydrogens (tertiary/aromatic N) is 2. The summed E-state index contributed by atoms with van der Waals surface area (Å²) in [7, 11) is 0. The van der Waals surface area contributed by atoms with Crippen molar-refractivity contribution in [2.24, 2.45) is 5.92 Å². The molecule has 4 rings (SSSR count). The molecule has 3 aromatic rings. The fraction of sp³-hybridized carbons (Fsp3) is 0.318. The van der Waals surface area contributed by atoms with Crippen LogP contribution in [0.3, 0.4) is 0 Å². The number of oxazole rings is 1. The lowest BCUT2D eigenvalue weighted by Gasteiger charge is -2.31. The molecule has 1 aliphatic rings. The van der Waals surface area contributed by atoms with E-state index >= 15 is 0 Å². The van der Waals surface area contributed by atoms with E-state index in [-0.39, 0.29) is 18.3 Å². The second kappa shape index (κ2) is 9.57. The summed E-state index contributed by atoms with van der Waals surface area (Å²) in [6, 6.07) is 13.1. The molecule has 156 valence electrons. The first-order chi connectivity index (χ1) is 14.6. The number of carbonyl (C=O) groups excluding carboxylic acids is 2. The predicted molar refractivity (Wildman–Crippen MR) is 122 cm³/mol. The summed E-state index contributed by atoms with van der Waals surface area (Å²) in [4.78, 5) is 31.1. The van der Waals surface area contributed by atoms with Gasteiger partial charge in [-0.15, -0.1) is 0 Å². The number of halogens is 1. The van der Waals surface area contributed by atoms with Crippen LogP contribution in [0.25, 0.3) is 11.1 Å². The number of rotatable bonds is 6. The van der Waals surface area contributed by atoms with Crippen LogP contribution >= 0.6 is 22.6 Å². The topological polar surface area (TPSA) is 84.7 Å². The standard InChI is InChI=1S/C22H22IN3O4/c23-17-6-4-15(5-7-17)21(27)16-8-10-26(11-9-16)12-13-29-22(28)25-18-2-1-3-19-20(18)24-14-30-19/h1-7,14,16H,8-13H2,(H,25,28). The number of hydrogen-bond donors (Lipinski definition) is 1. The molecule has 0 aliphatic carbocycles. The average Bonchev–Trinajstić information content (AvgIpc) is 3.24. The van der Waals surface area contributed by atoms with Crippen LogP contribution in [0.15, 0.2) is 53.3 Å². The summed E-state index contributed by atoms with van der Waals surface area (Å²) in [5, 5.41) is 2.71. The van der Waals surface area contributed by atoms with Crippen LogP contribution in [0, 0.1) is 9.49 Å². The molecule has 1 N–H and O–H groups in total. The van der Waals surface area contributed by atoms with Crippen LogP contribution < -0.4 is 5.32 Å². The number of hydrogen-bond acceptors (Lipinski definition) is 6. The van der Waals surface area contributed by atoms with Crippen LogP contribution in [0.2, 0.25) is 0 Å². The number of likely N-dealkylation sites (tertiary alicyclic amines) is 1. The lowest BCUT2D eigenvalue weighted by atomic mass is 9.89. The minimum Gasteiger partial charge on any atom is -0.448 e. The Labute approximate surface area is 187 Å². The van der Waals surface area contributed by atoms with E-state index in [1.54, 1.807) is 18.2 Å². The van der Waals surface area contributed by atoms with Gasteiger partial charge >= 0.3 is 6.09 Å². The molecule has 0 spiro atoms. The molecular weight excluding hydrogens is 497 g/mol. The van der Waals surface area contributed by atoms with Crippen molar-refractivity contribution in [2.45, 2.75) is 12.8 Å². The molecule has 0 bridgehead atoms. The highest BCUT2D eigenvalue weighted by Gasteiger charge is 2.25. The van der Waals surface area contributed by atoms with Gasteiger partial charge in [-0.05, 0) is 72.8 Å². The Morgan fingerprint density at radius 1 is 1.17 bits per heavy atom. The molecule has 0 saturated carbocycles. The second-order valence-corrected chi connectivity index (χ2v) is 8.50. The number of anilines is 1. The van der Waals surface area contributed by atoms with Gasteiger partial charge in [0.1, 0.15) is 12.1 Å². The van der Waals surface area contributed by atoms with Crippen LogP contribution in [-0.4, -0.2) is 48.0 Å². The summed E-state index contributed by atoms with van der Waals surface area (Å²) in [6.07, 6.45) is 2.47. The number of para-hydroxylation sites is 1. The maximum absolute atomic E-state index is 12.7. The number of Topliss-reactive ketones (excluding diaryl/α,β-unsaturated/α-hetero) is 1. The summed E-state index contributed by atoms with van der Waals surface area (Å²) in [5.74, 6) is 0.289. The first-order valence-electron chi connectivity index (χ1n) is 9.88. The largest absolute Gasteiger partial charge is 0.448 e. The molecule has 0 atom stereocenters. The smallest absolute Gasteiger partial charge is 0.411 e. The Hall–Kier alpha value is -2.46. The van der Waals surface area contributed by atoms with Crippen molar-refractivity contribution in [1.82, 2.24) is 9.88 Å². The maximum atomic E-state index is 12.7. The average molecular weight is 519 g/mol. The minimum absolute atomic E-state index is 0.0634. The third-order valence-electron chi connectivity index (χ3n) is 5.32. The Bertz CT molecular complexity index is 1030. The number of aromatic nitrogens is 1. The number of benzene rings is 2. The van der Waals surface area contributed by atoms with Gasteiger partial charge in [-0.1, -0.05) is 18.2 Å². The van der Waals surface area contributed by atoms with Gasteiger partial charge in [0.25, 0.3) is 0 Å². The molecule has 30 heavy (non-hydrogen) atoms. The lowest BCUT2D eigenvalue weighted by molar-refractivity contribution is 0.0813. The Morgan fingerprint density at radius 2 is 1.93 bits per heavy atom. The van der Waals surface area contributed by atoms with E-state index in [1.165, 1.54) is 6.39 Å². The van der Waals surface area contributed by atoms with E-state index in [1.807, 2.05) is 24.3 Å². The molecule has 0 radical (unpaired) electrons. The van der Waals surface area contributed by atoms with Crippen LogP contribution in [0.1, 0.15) is 23.2 Å². The molecule has 1 amide bonds. The van der Waals surface area contributed by atoms with Crippen LogP contribution in [0.4, 0.5) is 10.5 Å². The first kappa shape index (κ1) is 20.8. The first-order valence-corrected chi connectivity index (χ1v) is 11.0. The van der Waals surface area contributed by atoms with E-state index in [9.17, 15) is 9.59 Å². The SMILES string of the molecule is O=C(Nc1cccc2ocnc12)OCCN1CCC(C(=O)c2ccc(I)cc2)CC1. The zero-order valence-electron chi connectivity index (χ0n) is 16.3. The molecule has 0 unspecified atom stereocenters. The van der Waals surface area contributed by atoms with E-state index in [4.69, 9.17) is 9.15 Å². The number of ketones is 1. The molecule has 1 aliphatic heterocycles. The lowest BCUT2D eigenvalue weighted by Crippen LogP contribution is -2.38. The highest BCUT2D eigenvalue weighted by atomic mass is 127. The molecule has 1 saturated heterocycles. The fourth-order valence-corrected chi connectivity index (χ4v) is 4.03.